The molecule has 0 aromatic heterocycles. The third kappa shape index (κ3) is 6.27. The molecule has 6 heteroatoms. The highest BCUT2D eigenvalue weighted by atomic mass is 32.9. The second-order valence-electron chi connectivity index (χ2n) is 3.13. The summed E-state index contributed by atoms with van der Waals surface area (Å²) < 4.78 is 5.86. The van der Waals surface area contributed by atoms with Crippen LogP contribution in [0.3, 0.4) is 0 Å². The third-order valence-corrected chi connectivity index (χ3v) is 8.78. The van der Waals surface area contributed by atoms with Crippen molar-refractivity contribution in [2.75, 3.05) is 18.2 Å². The van der Waals surface area contributed by atoms with Crippen LogP contribution in [-0.4, -0.2) is 18.2 Å². The first kappa shape index (κ1) is 15.5. The minimum Gasteiger partial charge on any atom is -0.319 e. The van der Waals surface area contributed by atoms with E-state index >= 15 is 0 Å². The van der Waals surface area contributed by atoms with Crippen LogP contribution in [-0.2, 0) is 16.3 Å². The Balaban J connectivity index is 2.40. The second kappa shape index (κ2) is 8.57. The summed E-state index contributed by atoms with van der Waals surface area (Å²) in [6.45, 7) is 5.03. The molecular weight excluding hydrogens is 289 g/mol. The summed E-state index contributed by atoms with van der Waals surface area (Å²) in [5.41, 5.74) is -1.88. The van der Waals surface area contributed by atoms with Gasteiger partial charge in [-0.25, -0.2) is 0 Å². The molecule has 1 N–H and O–H groups in total. The SMILES string of the molecule is CCNP(=S)(OCSc1ccccc1)SCC. The lowest BCUT2D eigenvalue weighted by Gasteiger charge is -2.21. The standard InChI is InChI=1S/C11H18NOPS3/c1-3-12-14(15,17-4-2)13-10-16-11-8-6-5-7-9-11/h5-9H,3-4,10H2,1-2H3,(H,12,15). The van der Waals surface area contributed by atoms with Crippen molar-refractivity contribution in [1.82, 2.24) is 5.09 Å². The average molecular weight is 307 g/mol. The maximum atomic E-state index is 5.86. The molecule has 1 unspecified atom stereocenters. The quantitative estimate of drug-likeness (QED) is 0.437. The Kier molecular flexibility index (Phi) is 7.84. The van der Waals surface area contributed by atoms with Crippen LogP contribution < -0.4 is 5.09 Å². The van der Waals surface area contributed by atoms with Crippen molar-refractivity contribution in [3.05, 3.63) is 30.3 Å². The normalized spacial score (nSPS) is 14.5. The molecule has 1 rings (SSSR count). The molecule has 17 heavy (non-hydrogen) atoms. The van der Waals surface area contributed by atoms with Crippen LogP contribution in [0.2, 0.25) is 0 Å². The summed E-state index contributed by atoms with van der Waals surface area (Å²) in [6.07, 6.45) is 0. The molecule has 0 amide bonds. The van der Waals surface area contributed by atoms with Crippen molar-refractivity contribution in [1.29, 1.82) is 0 Å². The number of hydrogen-bond acceptors (Lipinski definition) is 4. The Morgan fingerprint density at radius 3 is 2.59 bits per heavy atom. The zero-order chi connectivity index (χ0) is 12.6. The molecule has 96 valence electrons. The van der Waals surface area contributed by atoms with E-state index in [2.05, 4.69) is 31.1 Å². The first-order chi connectivity index (χ1) is 8.20. The molecular formula is C11H18NOPS3. The summed E-state index contributed by atoms with van der Waals surface area (Å²) in [5, 5.41) is 3.30. The lowest BCUT2D eigenvalue weighted by atomic mass is 10.4. The van der Waals surface area contributed by atoms with E-state index in [0.717, 1.165) is 12.3 Å². The minimum atomic E-state index is -1.88. The van der Waals surface area contributed by atoms with Crippen LogP contribution in [0.25, 0.3) is 0 Å². The number of rotatable bonds is 8. The molecule has 0 heterocycles. The maximum absolute atomic E-state index is 5.86. The summed E-state index contributed by atoms with van der Waals surface area (Å²) in [6, 6.07) is 10.2. The first-order valence-corrected chi connectivity index (χ1v) is 10.8. The van der Waals surface area contributed by atoms with Crippen LogP contribution in [0.4, 0.5) is 0 Å². The van der Waals surface area contributed by atoms with Crippen molar-refractivity contribution >= 4 is 40.6 Å². The Morgan fingerprint density at radius 2 is 2.00 bits per heavy atom. The zero-order valence-corrected chi connectivity index (χ0v) is 13.4. The van der Waals surface area contributed by atoms with Gasteiger partial charge in [-0.15, -0.1) is 0 Å². The summed E-state index contributed by atoms with van der Waals surface area (Å²) in [7, 11) is 0. The van der Waals surface area contributed by atoms with E-state index in [4.69, 9.17) is 16.3 Å². The van der Waals surface area contributed by atoms with Gasteiger partial charge >= 0.3 is 0 Å². The molecule has 0 aliphatic rings. The van der Waals surface area contributed by atoms with Gasteiger partial charge in [-0.1, -0.05) is 55.2 Å². The van der Waals surface area contributed by atoms with E-state index in [1.807, 2.05) is 18.2 Å². The van der Waals surface area contributed by atoms with E-state index in [0.29, 0.717) is 5.94 Å². The van der Waals surface area contributed by atoms with E-state index in [9.17, 15) is 0 Å². The number of hydrogen-bond donors (Lipinski definition) is 1. The predicted molar refractivity (Wildman–Crippen MR) is 84.3 cm³/mol. The highest BCUT2D eigenvalue weighted by Gasteiger charge is 2.15. The Bertz CT molecular complexity index is 351. The molecule has 0 fully saturated rings. The smallest absolute Gasteiger partial charge is 0.186 e. The van der Waals surface area contributed by atoms with Crippen molar-refractivity contribution in [2.24, 2.45) is 0 Å². The van der Waals surface area contributed by atoms with Crippen molar-refractivity contribution < 1.29 is 4.52 Å². The fourth-order valence-electron chi connectivity index (χ4n) is 1.17. The minimum absolute atomic E-state index is 0.612. The van der Waals surface area contributed by atoms with Gasteiger partial charge in [0.05, 0.1) is 0 Å². The molecule has 2 nitrogen and oxygen atoms in total. The molecule has 0 saturated heterocycles. The van der Waals surface area contributed by atoms with E-state index < -0.39 is 5.62 Å². The summed E-state index contributed by atoms with van der Waals surface area (Å²) in [4.78, 5) is 1.21. The zero-order valence-electron chi connectivity index (χ0n) is 10.1. The largest absolute Gasteiger partial charge is 0.319 e. The topological polar surface area (TPSA) is 21.3 Å². The van der Waals surface area contributed by atoms with E-state index in [-0.39, 0.29) is 0 Å². The van der Waals surface area contributed by atoms with Gasteiger partial charge in [-0.2, -0.15) is 0 Å². The van der Waals surface area contributed by atoms with Gasteiger partial charge in [0.2, 0.25) is 0 Å². The fourth-order valence-corrected chi connectivity index (χ4v) is 7.42. The second-order valence-corrected chi connectivity index (χ2v) is 11.1. The number of nitrogens with one attached hydrogen (secondary N) is 1. The van der Waals surface area contributed by atoms with Crippen molar-refractivity contribution in [3.63, 3.8) is 0 Å². The molecule has 0 aliphatic carbocycles. The molecule has 0 saturated carbocycles. The van der Waals surface area contributed by atoms with Crippen LogP contribution >= 0.6 is 28.8 Å². The van der Waals surface area contributed by atoms with Crippen LogP contribution in [0, 0.1) is 0 Å². The molecule has 0 spiro atoms. The molecule has 1 atom stereocenters. The highest BCUT2D eigenvalue weighted by molar-refractivity contribution is 8.68. The number of thioether (sulfide) groups is 1. The van der Waals surface area contributed by atoms with Gasteiger partial charge in [0.25, 0.3) is 0 Å². The van der Waals surface area contributed by atoms with Gasteiger partial charge in [-0.05, 0) is 36.2 Å². The molecule has 0 radical (unpaired) electrons. The maximum Gasteiger partial charge on any atom is 0.186 e. The summed E-state index contributed by atoms with van der Waals surface area (Å²) in [5.74, 6) is 1.60. The Morgan fingerprint density at radius 1 is 1.29 bits per heavy atom. The summed E-state index contributed by atoms with van der Waals surface area (Å²) >= 11 is 8.95. The lowest BCUT2D eigenvalue weighted by molar-refractivity contribution is 0.438. The Labute approximate surface area is 117 Å². The van der Waals surface area contributed by atoms with Crippen molar-refractivity contribution in [2.45, 2.75) is 18.7 Å². The monoisotopic (exact) mass is 307 g/mol. The van der Waals surface area contributed by atoms with Crippen molar-refractivity contribution in [3.8, 4) is 0 Å². The van der Waals surface area contributed by atoms with Gasteiger partial charge in [0.1, 0.15) is 5.94 Å². The average Bonchev–Trinajstić information content (AvgIpc) is 2.31. The van der Waals surface area contributed by atoms with Gasteiger partial charge in [0.15, 0.2) is 5.62 Å². The van der Waals surface area contributed by atoms with E-state index in [1.165, 1.54) is 4.90 Å². The molecule has 0 bridgehead atoms. The molecule has 0 aliphatic heterocycles. The van der Waals surface area contributed by atoms with Crippen LogP contribution in [0.1, 0.15) is 13.8 Å². The fraction of sp³-hybridized carbons (Fsp3) is 0.455. The van der Waals surface area contributed by atoms with Gasteiger partial charge in [-0.3, -0.25) is 5.09 Å². The predicted octanol–water partition coefficient (Wildman–Crippen LogP) is 4.34. The number of benzene rings is 1. The van der Waals surface area contributed by atoms with Gasteiger partial charge < -0.3 is 4.52 Å². The van der Waals surface area contributed by atoms with Crippen LogP contribution in [0.5, 0.6) is 0 Å². The Hall–Kier alpha value is 0.490. The first-order valence-electron chi connectivity index (χ1n) is 5.52. The van der Waals surface area contributed by atoms with Crippen LogP contribution in [0.15, 0.2) is 35.2 Å². The third-order valence-electron chi connectivity index (χ3n) is 1.84. The molecule has 1 aromatic rings. The van der Waals surface area contributed by atoms with E-state index in [1.54, 1.807) is 23.1 Å². The lowest BCUT2D eigenvalue weighted by Crippen LogP contribution is -2.09. The highest BCUT2D eigenvalue weighted by Crippen LogP contribution is 2.56. The van der Waals surface area contributed by atoms with Gasteiger partial charge in [0, 0.05) is 4.90 Å². The molecule has 1 aromatic carbocycles.